The van der Waals surface area contributed by atoms with E-state index >= 15 is 0 Å². The van der Waals surface area contributed by atoms with Crippen LogP contribution >= 0.6 is 27.3 Å². The summed E-state index contributed by atoms with van der Waals surface area (Å²) in [6.07, 6.45) is 0. The van der Waals surface area contributed by atoms with Gasteiger partial charge in [-0.3, -0.25) is 0 Å². The lowest BCUT2D eigenvalue weighted by Crippen LogP contribution is -2.42. The molecule has 0 N–H and O–H groups in total. The summed E-state index contributed by atoms with van der Waals surface area (Å²) >= 11 is 4.84. The Bertz CT molecular complexity index is 1030. The lowest BCUT2D eigenvalue weighted by atomic mass is 10.1. The summed E-state index contributed by atoms with van der Waals surface area (Å²) in [6.45, 7) is 0. The average Bonchev–Trinajstić information content (AvgIpc) is 3.13. The zero-order chi connectivity index (χ0) is 16.7. The fraction of sp³-hybridized carbons (Fsp3) is 0. The number of benzene rings is 2. The van der Waals surface area contributed by atoms with Crippen LogP contribution in [0.25, 0.3) is 32.9 Å². The van der Waals surface area contributed by atoms with E-state index in [-0.39, 0.29) is 0 Å². The van der Waals surface area contributed by atoms with Gasteiger partial charge in [-0.2, -0.15) is 9.46 Å². The molecule has 0 fully saturated rings. The van der Waals surface area contributed by atoms with Crippen molar-refractivity contribution in [3.8, 4) is 21.8 Å². The number of para-hydroxylation sites is 2. The van der Waals surface area contributed by atoms with Crippen molar-refractivity contribution < 1.29 is 9.46 Å². The van der Waals surface area contributed by atoms with Crippen LogP contribution in [0.3, 0.4) is 0 Å². The lowest BCUT2D eigenvalue weighted by molar-refractivity contribution is -0.612. The van der Waals surface area contributed by atoms with E-state index in [1.165, 1.54) is 11.3 Å². The minimum absolute atomic E-state index is 0.353. The van der Waals surface area contributed by atoms with E-state index in [4.69, 9.17) is 0 Å². The van der Waals surface area contributed by atoms with Gasteiger partial charge in [0.05, 0.1) is 5.56 Å². The first-order chi connectivity index (χ1) is 11.7. The van der Waals surface area contributed by atoms with Crippen LogP contribution in [0.2, 0.25) is 0 Å². The third-order valence-electron chi connectivity index (χ3n) is 3.82. The minimum Gasteiger partial charge on any atom is -0.617 e. The first-order valence-corrected chi connectivity index (χ1v) is 8.92. The highest BCUT2D eigenvalue weighted by Gasteiger charge is 2.31. The zero-order valence-corrected chi connectivity index (χ0v) is 14.8. The first kappa shape index (κ1) is 15.1. The number of rotatable bonds is 2. The minimum atomic E-state index is 0.353. The molecule has 0 spiro atoms. The van der Waals surface area contributed by atoms with E-state index in [0.29, 0.717) is 28.0 Å². The van der Waals surface area contributed by atoms with Gasteiger partial charge >= 0.3 is 5.69 Å². The molecule has 0 saturated carbocycles. The molecule has 0 atom stereocenters. The smallest absolute Gasteiger partial charge is 0.308 e. The van der Waals surface area contributed by atoms with E-state index in [0.717, 1.165) is 18.8 Å². The van der Waals surface area contributed by atoms with Crippen molar-refractivity contribution in [1.29, 1.82) is 0 Å². The topological polar surface area (TPSA) is 53.9 Å². The Labute approximate surface area is 150 Å². The molecule has 0 amide bonds. The second-order valence-corrected chi connectivity index (χ2v) is 7.12. The summed E-state index contributed by atoms with van der Waals surface area (Å²) in [5.41, 5.74) is 2.15. The molecule has 0 saturated heterocycles. The third kappa shape index (κ3) is 2.35. The molecule has 6 heteroatoms. The molecule has 0 radical (unpaired) electrons. The van der Waals surface area contributed by atoms with Crippen LogP contribution in [-0.4, -0.2) is 0 Å². The third-order valence-corrected chi connectivity index (χ3v) is 5.23. The molecule has 4 rings (SSSR count). The normalized spacial score (nSPS) is 11.0. The van der Waals surface area contributed by atoms with Crippen molar-refractivity contribution in [2.75, 3.05) is 0 Å². The Morgan fingerprint density at radius 3 is 1.96 bits per heavy atom. The average molecular weight is 399 g/mol. The fourth-order valence-electron chi connectivity index (χ4n) is 2.73. The van der Waals surface area contributed by atoms with Gasteiger partial charge in [0.15, 0.2) is 0 Å². The van der Waals surface area contributed by atoms with Gasteiger partial charge in [-0.25, -0.2) is 0 Å². The summed E-state index contributed by atoms with van der Waals surface area (Å²) in [5, 5.41) is 27.9. The summed E-state index contributed by atoms with van der Waals surface area (Å²) in [5.74, 6) is 0. The molecule has 0 aliphatic rings. The fourth-order valence-corrected chi connectivity index (χ4v) is 3.75. The predicted octanol–water partition coefficient (Wildman–Crippen LogP) is 4.26. The van der Waals surface area contributed by atoms with Crippen LogP contribution in [-0.2, 0) is 0 Å². The molecule has 0 bridgehead atoms. The largest absolute Gasteiger partial charge is 0.617 e. The number of aromatic nitrogens is 2. The monoisotopic (exact) mass is 398 g/mol. The number of hydrogen-bond acceptors (Lipinski definition) is 3. The second-order valence-electron chi connectivity index (χ2n) is 5.26. The van der Waals surface area contributed by atoms with Gasteiger partial charge in [-0.15, -0.1) is 11.3 Å². The summed E-state index contributed by atoms with van der Waals surface area (Å²) in [4.78, 5) is 0.762. The molecule has 24 heavy (non-hydrogen) atoms. The molecule has 4 aromatic rings. The maximum Gasteiger partial charge on any atom is 0.308 e. The SMILES string of the molecule is [O-][n+]1c(-c2ccc(Br)cc2)c(-c2cccs2)[n+]([O-])c2ccccc21. The zero-order valence-electron chi connectivity index (χ0n) is 12.3. The van der Waals surface area contributed by atoms with E-state index in [9.17, 15) is 10.4 Å². The number of hydrogen-bond donors (Lipinski definition) is 0. The maximum absolute atomic E-state index is 13.0. The molecule has 0 unspecified atom stereocenters. The Balaban J connectivity index is 2.16. The van der Waals surface area contributed by atoms with Crippen molar-refractivity contribution in [1.82, 2.24) is 0 Å². The lowest BCUT2D eigenvalue weighted by Gasteiger charge is -2.12. The van der Waals surface area contributed by atoms with Crippen LogP contribution in [0.15, 0.2) is 70.5 Å². The standard InChI is InChI=1S/C18H11BrN2O2S/c19-13-9-7-12(8-10-13)17-18(16-6-3-11-24-16)21(23)15-5-2-1-4-14(15)20(17)22/h1-11H. The number of fused-ring (bicyclic) bond motifs is 1. The maximum atomic E-state index is 13.0. The van der Waals surface area contributed by atoms with Crippen LogP contribution in [0.4, 0.5) is 0 Å². The van der Waals surface area contributed by atoms with Gasteiger partial charge in [-0.1, -0.05) is 34.1 Å². The molecule has 0 aliphatic carbocycles. The van der Waals surface area contributed by atoms with Crippen molar-refractivity contribution in [2.45, 2.75) is 0 Å². The van der Waals surface area contributed by atoms with Crippen LogP contribution < -0.4 is 9.46 Å². The quantitative estimate of drug-likeness (QED) is 0.374. The van der Waals surface area contributed by atoms with E-state index in [1.54, 1.807) is 24.3 Å². The Morgan fingerprint density at radius 1 is 0.750 bits per heavy atom. The molecule has 2 aromatic heterocycles. The highest BCUT2D eigenvalue weighted by atomic mass is 79.9. The van der Waals surface area contributed by atoms with Gasteiger partial charge in [-0.05, 0) is 35.7 Å². The number of halogens is 1. The highest BCUT2D eigenvalue weighted by molar-refractivity contribution is 9.10. The highest BCUT2D eigenvalue weighted by Crippen LogP contribution is 2.31. The van der Waals surface area contributed by atoms with Gasteiger partial charge in [0.2, 0.25) is 0 Å². The van der Waals surface area contributed by atoms with E-state index in [2.05, 4.69) is 15.9 Å². The number of thiophene rings is 1. The first-order valence-electron chi connectivity index (χ1n) is 7.24. The molecule has 4 nitrogen and oxygen atoms in total. The van der Waals surface area contributed by atoms with Gasteiger partial charge in [0.1, 0.15) is 4.88 Å². The van der Waals surface area contributed by atoms with Crippen LogP contribution in [0, 0.1) is 10.4 Å². The second kappa shape index (κ2) is 5.89. The van der Waals surface area contributed by atoms with E-state index in [1.807, 2.05) is 41.8 Å². The van der Waals surface area contributed by atoms with Gasteiger partial charge in [0.25, 0.3) is 16.7 Å². The Hall–Kier alpha value is -2.44. The van der Waals surface area contributed by atoms with Crippen molar-refractivity contribution in [3.63, 3.8) is 0 Å². The van der Waals surface area contributed by atoms with Crippen molar-refractivity contribution >= 4 is 38.3 Å². The summed E-state index contributed by atoms with van der Waals surface area (Å²) in [7, 11) is 0. The van der Waals surface area contributed by atoms with Crippen molar-refractivity contribution in [2.24, 2.45) is 0 Å². The van der Waals surface area contributed by atoms with Crippen molar-refractivity contribution in [3.05, 3.63) is 80.9 Å². The van der Waals surface area contributed by atoms with Crippen LogP contribution in [0.5, 0.6) is 0 Å². The predicted molar refractivity (Wildman–Crippen MR) is 98.3 cm³/mol. The summed E-state index contributed by atoms with van der Waals surface area (Å²) < 4.78 is 2.62. The Kier molecular flexibility index (Phi) is 3.70. The molecule has 2 aromatic carbocycles. The van der Waals surface area contributed by atoms with Gasteiger partial charge < -0.3 is 10.4 Å². The molecular formula is C18H11BrN2O2S. The molecule has 118 valence electrons. The van der Waals surface area contributed by atoms with E-state index < -0.39 is 0 Å². The Morgan fingerprint density at radius 2 is 1.38 bits per heavy atom. The molecular weight excluding hydrogens is 388 g/mol. The number of nitrogens with zero attached hydrogens (tertiary/aromatic N) is 2. The van der Waals surface area contributed by atoms with Crippen LogP contribution in [0.1, 0.15) is 0 Å². The summed E-state index contributed by atoms with van der Waals surface area (Å²) in [6, 6.07) is 18.0. The molecule has 0 aliphatic heterocycles. The van der Waals surface area contributed by atoms with Gasteiger partial charge in [0, 0.05) is 16.6 Å². The molecule has 2 heterocycles.